The SMILES string of the molecule is O=C(NCc1ccc2c(c1)OCO2)Nc1ccccc1[N+](=O)[O-]. The number of hydrogen-bond acceptors (Lipinski definition) is 5. The predicted molar refractivity (Wildman–Crippen MR) is 81.5 cm³/mol. The third kappa shape index (κ3) is 3.31. The quantitative estimate of drug-likeness (QED) is 0.667. The van der Waals surface area contributed by atoms with Crippen LogP contribution in [0.3, 0.4) is 0 Å². The second-order valence-corrected chi connectivity index (χ2v) is 4.77. The zero-order valence-electron chi connectivity index (χ0n) is 11.9. The van der Waals surface area contributed by atoms with Crippen LogP contribution in [-0.4, -0.2) is 17.7 Å². The summed E-state index contributed by atoms with van der Waals surface area (Å²) in [6.45, 7) is 0.438. The molecule has 8 nitrogen and oxygen atoms in total. The minimum Gasteiger partial charge on any atom is -0.454 e. The number of benzene rings is 2. The molecule has 3 rings (SSSR count). The maximum atomic E-state index is 11.9. The number of para-hydroxylation sites is 2. The van der Waals surface area contributed by atoms with Crippen LogP contribution in [-0.2, 0) is 6.54 Å². The largest absolute Gasteiger partial charge is 0.454 e. The molecule has 0 spiro atoms. The number of carbonyl (C=O) groups excluding carboxylic acids is 1. The number of amides is 2. The van der Waals surface area contributed by atoms with E-state index in [9.17, 15) is 14.9 Å². The highest BCUT2D eigenvalue weighted by molar-refractivity contribution is 5.91. The van der Waals surface area contributed by atoms with Crippen LogP contribution in [0, 0.1) is 10.1 Å². The molecule has 1 aliphatic heterocycles. The molecule has 0 saturated carbocycles. The molecule has 1 aliphatic rings. The number of hydrogen-bond donors (Lipinski definition) is 2. The summed E-state index contributed by atoms with van der Waals surface area (Å²) in [6.07, 6.45) is 0. The van der Waals surface area contributed by atoms with Crippen LogP contribution in [0.15, 0.2) is 42.5 Å². The molecule has 118 valence electrons. The number of rotatable bonds is 4. The summed E-state index contributed by atoms with van der Waals surface area (Å²) >= 11 is 0. The Hall–Kier alpha value is -3.29. The van der Waals surface area contributed by atoms with Gasteiger partial charge in [0.15, 0.2) is 11.5 Å². The molecule has 0 atom stereocenters. The lowest BCUT2D eigenvalue weighted by molar-refractivity contribution is -0.383. The lowest BCUT2D eigenvalue weighted by Crippen LogP contribution is -2.28. The maximum Gasteiger partial charge on any atom is 0.319 e. The van der Waals surface area contributed by atoms with Crippen LogP contribution in [0.5, 0.6) is 11.5 Å². The van der Waals surface area contributed by atoms with Crippen LogP contribution < -0.4 is 20.1 Å². The summed E-state index contributed by atoms with van der Waals surface area (Å²) in [5.41, 5.74) is 0.804. The van der Waals surface area contributed by atoms with Gasteiger partial charge < -0.3 is 20.1 Å². The van der Waals surface area contributed by atoms with Crippen molar-refractivity contribution in [3.8, 4) is 11.5 Å². The second kappa shape index (κ2) is 6.22. The fraction of sp³-hybridized carbons (Fsp3) is 0.133. The highest BCUT2D eigenvalue weighted by Crippen LogP contribution is 2.32. The Bertz CT molecular complexity index is 763. The first kappa shape index (κ1) is 14.6. The molecule has 2 amide bonds. The van der Waals surface area contributed by atoms with Crippen molar-refractivity contribution in [1.29, 1.82) is 0 Å². The van der Waals surface area contributed by atoms with Gasteiger partial charge in [0.2, 0.25) is 6.79 Å². The van der Waals surface area contributed by atoms with Crippen LogP contribution >= 0.6 is 0 Å². The van der Waals surface area contributed by atoms with Crippen LogP contribution in [0.25, 0.3) is 0 Å². The molecule has 0 aromatic heterocycles. The van der Waals surface area contributed by atoms with Crippen molar-refractivity contribution in [3.05, 3.63) is 58.1 Å². The zero-order valence-corrected chi connectivity index (χ0v) is 11.9. The molecule has 8 heteroatoms. The van der Waals surface area contributed by atoms with Crippen molar-refractivity contribution in [1.82, 2.24) is 5.32 Å². The number of nitrogens with one attached hydrogen (secondary N) is 2. The zero-order chi connectivity index (χ0) is 16.2. The van der Waals surface area contributed by atoms with E-state index in [1.165, 1.54) is 18.2 Å². The van der Waals surface area contributed by atoms with E-state index in [1.807, 2.05) is 0 Å². The van der Waals surface area contributed by atoms with Gasteiger partial charge in [0.25, 0.3) is 5.69 Å². The van der Waals surface area contributed by atoms with E-state index in [4.69, 9.17) is 9.47 Å². The summed E-state index contributed by atoms with van der Waals surface area (Å²) in [5.74, 6) is 1.29. The summed E-state index contributed by atoms with van der Waals surface area (Å²) in [5, 5.41) is 16.0. The van der Waals surface area contributed by atoms with Gasteiger partial charge in [-0.3, -0.25) is 10.1 Å². The highest BCUT2D eigenvalue weighted by Gasteiger charge is 2.15. The highest BCUT2D eigenvalue weighted by atomic mass is 16.7. The Morgan fingerprint density at radius 2 is 1.96 bits per heavy atom. The topological polar surface area (TPSA) is 103 Å². The Kier molecular flexibility index (Phi) is 3.96. The maximum absolute atomic E-state index is 11.9. The summed E-state index contributed by atoms with van der Waals surface area (Å²) in [7, 11) is 0. The predicted octanol–water partition coefficient (Wildman–Crippen LogP) is 2.65. The van der Waals surface area contributed by atoms with E-state index in [1.54, 1.807) is 24.3 Å². The van der Waals surface area contributed by atoms with Gasteiger partial charge in [0, 0.05) is 12.6 Å². The van der Waals surface area contributed by atoms with Gasteiger partial charge in [-0.2, -0.15) is 0 Å². The van der Waals surface area contributed by atoms with Gasteiger partial charge >= 0.3 is 6.03 Å². The Morgan fingerprint density at radius 1 is 1.17 bits per heavy atom. The number of fused-ring (bicyclic) bond motifs is 1. The average molecular weight is 315 g/mol. The van der Waals surface area contributed by atoms with E-state index in [2.05, 4.69) is 10.6 Å². The first-order valence-electron chi connectivity index (χ1n) is 6.80. The van der Waals surface area contributed by atoms with Gasteiger partial charge in [-0.15, -0.1) is 0 Å². The standard InChI is InChI=1S/C15H13N3O5/c19-15(17-11-3-1-2-4-12(11)18(20)21)16-8-10-5-6-13-14(7-10)23-9-22-13/h1-7H,8-9H2,(H2,16,17,19). The Labute approximate surface area is 131 Å². The van der Waals surface area contributed by atoms with Crippen molar-refractivity contribution in [3.63, 3.8) is 0 Å². The molecule has 0 fully saturated rings. The molecular weight excluding hydrogens is 302 g/mol. The lowest BCUT2D eigenvalue weighted by Gasteiger charge is -2.08. The van der Waals surface area contributed by atoms with E-state index in [0.29, 0.717) is 11.5 Å². The van der Waals surface area contributed by atoms with Crippen LogP contribution in [0.1, 0.15) is 5.56 Å². The van der Waals surface area contributed by atoms with Crippen molar-refractivity contribution in [2.24, 2.45) is 0 Å². The number of ether oxygens (including phenoxy) is 2. The molecule has 0 unspecified atom stereocenters. The van der Waals surface area contributed by atoms with Gasteiger partial charge in [-0.1, -0.05) is 18.2 Å². The third-order valence-corrected chi connectivity index (χ3v) is 3.24. The fourth-order valence-electron chi connectivity index (χ4n) is 2.14. The molecule has 0 aliphatic carbocycles. The first-order chi connectivity index (χ1) is 11.1. The van der Waals surface area contributed by atoms with E-state index in [-0.39, 0.29) is 24.7 Å². The molecular formula is C15H13N3O5. The van der Waals surface area contributed by atoms with Crippen molar-refractivity contribution < 1.29 is 19.2 Å². The lowest BCUT2D eigenvalue weighted by atomic mass is 10.2. The minimum absolute atomic E-state index is 0.140. The average Bonchev–Trinajstić information content (AvgIpc) is 3.01. The van der Waals surface area contributed by atoms with Crippen molar-refractivity contribution in [2.75, 3.05) is 12.1 Å². The molecule has 1 heterocycles. The number of urea groups is 1. The van der Waals surface area contributed by atoms with Gasteiger partial charge in [0.05, 0.1) is 4.92 Å². The second-order valence-electron chi connectivity index (χ2n) is 4.77. The molecule has 2 aromatic carbocycles. The van der Waals surface area contributed by atoms with E-state index in [0.717, 1.165) is 5.56 Å². The summed E-state index contributed by atoms with van der Waals surface area (Å²) in [4.78, 5) is 22.2. The van der Waals surface area contributed by atoms with E-state index < -0.39 is 11.0 Å². The molecule has 2 aromatic rings. The molecule has 0 saturated heterocycles. The Morgan fingerprint density at radius 3 is 2.78 bits per heavy atom. The number of carbonyl (C=O) groups is 1. The summed E-state index contributed by atoms with van der Waals surface area (Å²) < 4.78 is 10.5. The normalized spacial score (nSPS) is 11.8. The van der Waals surface area contributed by atoms with Crippen LogP contribution in [0.4, 0.5) is 16.2 Å². The summed E-state index contributed by atoms with van der Waals surface area (Å²) in [6, 6.07) is 10.8. The smallest absolute Gasteiger partial charge is 0.319 e. The Balaban J connectivity index is 1.61. The minimum atomic E-state index is -0.548. The monoisotopic (exact) mass is 315 g/mol. The molecule has 2 N–H and O–H groups in total. The number of nitro groups is 1. The number of nitrogens with zero attached hydrogens (tertiary/aromatic N) is 1. The van der Waals surface area contributed by atoms with Crippen LogP contribution in [0.2, 0.25) is 0 Å². The fourth-order valence-corrected chi connectivity index (χ4v) is 2.14. The molecule has 23 heavy (non-hydrogen) atoms. The van der Waals surface area contributed by atoms with Crippen molar-refractivity contribution >= 4 is 17.4 Å². The third-order valence-electron chi connectivity index (χ3n) is 3.24. The van der Waals surface area contributed by atoms with E-state index >= 15 is 0 Å². The number of anilines is 1. The van der Waals surface area contributed by atoms with Gasteiger partial charge in [-0.05, 0) is 23.8 Å². The van der Waals surface area contributed by atoms with Gasteiger partial charge in [-0.25, -0.2) is 4.79 Å². The van der Waals surface area contributed by atoms with Gasteiger partial charge in [0.1, 0.15) is 5.69 Å². The first-order valence-corrected chi connectivity index (χ1v) is 6.80. The molecule has 0 radical (unpaired) electrons. The number of nitro benzene ring substituents is 1. The molecule has 0 bridgehead atoms. The van der Waals surface area contributed by atoms with Crippen molar-refractivity contribution in [2.45, 2.75) is 6.54 Å².